The number of benzene rings is 2. The summed E-state index contributed by atoms with van der Waals surface area (Å²) in [4.78, 5) is 0. The lowest BCUT2D eigenvalue weighted by molar-refractivity contribution is -0.660. The number of rotatable bonds is 4. The predicted molar refractivity (Wildman–Crippen MR) is 82.6 cm³/mol. The zero-order valence-electron chi connectivity index (χ0n) is 12.6. The fraction of sp³-hybridized carbons (Fsp3) is 0.167. The van der Waals surface area contributed by atoms with Crippen molar-refractivity contribution >= 4 is 0 Å². The molecule has 1 N–H and O–H groups in total. The second-order valence-electron chi connectivity index (χ2n) is 5.37. The molecule has 0 bridgehead atoms. The summed E-state index contributed by atoms with van der Waals surface area (Å²) < 4.78 is 32.2. The van der Waals surface area contributed by atoms with E-state index in [1.165, 1.54) is 18.3 Å². The average Bonchev–Trinajstić information content (AvgIpc) is 2.98. The van der Waals surface area contributed by atoms with Crippen molar-refractivity contribution in [3.8, 4) is 11.4 Å². The van der Waals surface area contributed by atoms with E-state index in [0.717, 1.165) is 4.57 Å². The number of alkyl halides is 2. The Morgan fingerprint density at radius 1 is 1.00 bits per heavy atom. The summed E-state index contributed by atoms with van der Waals surface area (Å²) in [6.07, 6.45) is 0.904. The second kappa shape index (κ2) is 5.93. The number of aliphatic hydroxyl groups excluding tert-OH is 1. The van der Waals surface area contributed by atoms with Crippen molar-refractivity contribution in [2.24, 2.45) is 7.05 Å². The van der Waals surface area contributed by atoms with E-state index in [1.807, 2.05) is 6.07 Å². The van der Waals surface area contributed by atoms with Gasteiger partial charge in [-0.2, -0.15) is 13.3 Å². The van der Waals surface area contributed by atoms with Gasteiger partial charge in [-0.05, 0) is 17.7 Å². The second-order valence-corrected chi connectivity index (χ2v) is 5.37. The molecule has 3 aromatic rings. The molecule has 0 radical (unpaired) electrons. The van der Waals surface area contributed by atoms with Crippen LogP contribution in [0.15, 0.2) is 73.1 Å². The molecule has 0 aliphatic rings. The van der Waals surface area contributed by atoms with E-state index in [4.69, 9.17) is 0 Å². The Balaban J connectivity index is 2.08. The Kier molecular flexibility index (Phi) is 3.96. The maximum absolute atomic E-state index is 14.9. The van der Waals surface area contributed by atoms with Crippen LogP contribution in [-0.2, 0) is 13.1 Å². The molecule has 0 spiro atoms. The lowest BCUT2D eigenvalue weighted by Gasteiger charge is -2.20. The van der Waals surface area contributed by atoms with Gasteiger partial charge in [-0.15, -0.1) is 0 Å². The van der Waals surface area contributed by atoms with Gasteiger partial charge in [-0.25, -0.2) is 4.57 Å². The number of aryl methyl sites for hydroxylation is 1. The van der Waals surface area contributed by atoms with E-state index in [9.17, 15) is 13.9 Å². The Labute approximate surface area is 133 Å². The van der Waals surface area contributed by atoms with E-state index in [-0.39, 0.29) is 5.56 Å². The quantitative estimate of drug-likeness (QED) is 0.736. The third-order valence-corrected chi connectivity index (χ3v) is 3.80. The molecule has 1 unspecified atom stereocenters. The van der Waals surface area contributed by atoms with E-state index in [0.29, 0.717) is 11.4 Å². The molecule has 3 rings (SSSR count). The number of halogens is 2. The lowest BCUT2D eigenvalue weighted by Crippen LogP contribution is -2.36. The summed E-state index contributed by atoms with van der Waals surface area (Å²) in [6.45, 7) is 0. The fourth-order valence-corrected chi connectivity index (χ4v) is 2.62. The number of aliphatic hydroxyl groups is 1. The number of nitrogens with zero attached hydrogens (tertiary/aromatic N) is 2. The van der Waals surface area contributed by atoms with Crippen LogP contribution in [0.2, 0.25) is 0 Å². The summed E-state index contributed by atoms with van der Waals surface area (Å²) in [5.41, 5.74) is 0.827. The van der Waals surface area contributed by atoms with Gasteiger partial charge in [0.1, 0.15) is 12.4 Å². The van der Waals surface area contributed by atoms with Crippen LogP contribution in [0.3, 0.4) is 0 Å². The zero-order chi connectivity index (χ0) is 16.4. The first-order chi connectivity index (χ1) is 11.0. The highest BCUT2D eigenvalue weighted by molar-refractivity contribution is 5.52. The van der Waals surface area contributed by atoms with E-state index < -0.39 is 12.2 Å². The molecule has 3 nitrogen and oxygen atoms in total. The molecule has 0 saturated heterocycles. The first-order valence-electron chi connectivity index (χ1n) is 7.25. The minimum atomic E-state index is -3.48. The normalized spacial score (nSPS) is 13.0. The van der Waals surface area contributed by atoms with Crippen LogP contribution in [-0.4, -0.2) is 9.67 Å². The fourth-order valence-electron chi connectivity index (χ4n) is 2.62. The van der Waals surface area contributed by atoms with Crippen LogP contribution < -0.4 is 4.57 Å². The third-order valence-electron chi connectivity index (χ3n) is 3.80. The number of aromatic nitrogens is 2. The molecule has 2 aromatic carbocycles. The maximum Gasteiger partial charge on any atom is 0.428 e. The Bertz CT molecular complexity index is 785. The van der Waals surface area contributed by atoms with E-state index in [1.54, 1.807) is 60.3 Å². The Hall–Kier alpha value is -2.53. The van der Waals surface area contributed by atoms with Crippen LogP contribution in [0.4, 0.5) is 8.78 Å². The summed E-state index contributed by atoms with van der Waals surface area (Å²) in [6, 6.07) is 13.4. The number of imidazole rings is 1. The summed E-state index contributed by atoms with van der Waals surface area (Å²) in [5, 5.41) is 10.2. The van der Waals surface area contributed by atoms with Crippen molar-refractivity contribution in [1.82, 2.24) is 4.57 Å². The van der Waals surface area contributed by atoms with Crippen molar-refractivity contribution in [3.05, 3.63) is 78.6 Å². The standard InChI is InChI=1S/C18H17F2N2O/c1-21-12-13-22(17(21)15-10-6-3-7-11-15)18(19,20)16(23)14-8-4-2-5-9-14/h2-13,16,23H,1H3/q+1. The van der Waals surface area contributed by atoms with Crippen LogP contribution >= 0.6 is 0 Å². The van der Waals surface area contributed by atoms with Crippen molar-refractivity contribution < 1.29 is 18.5 Å². The third kappa shape index (κ3) is 2.75. The summed E-state index contributed by atoms with van der Waals surface area (Å²) >= 11 is 0. The summed E-state index contributed by atoms with van der Waals surface area (Å²) in [5.74, 6) is 0.325. The monoisotopic (exact) mass is 315 g/mol. The topological polar surface area (TPSA) is 29.0 Å². The Morgan fingerprint density at radius 2 is 1.57 bits per heavy atom. The zero-order valence-corrected chi connectivity index (χ0v) is 12.6. The van der Waals surface area contributed by atoms with Crippen molar-refractivity contribution in [3.63, 3.8) is 0 Å². The molecule has 0 amide bonds. The molecule has 1 aromatic heterocycles. The molecular formula is C18H17F2N2O+. The van der Waals surface area contributed by atoms with Gasteiger partial charge in [0.25, 0.3) is 5.82 Å². The van der Waals surface area contributed by atoms with Gasteiger partial charge in [0.2, 0.25) is 0 Å². The SMILES string of the molecule is C[n+]1ccn(C(F)(F)C(O)c2ccccc2)c1-c1ccccc1. The predicted octanol–water partition coefficient (Wildman–Crippen LogP) is 3.26. The van der Waals surface area contributed by atoms with Gasteiger partial charge in [-0.1, -0.05) is 48.5 Å². The molecule has 118 valence electrons. The maximum atomic E-state index is 14.9. The first kappa shape index (κ1) is 15.4. The number of hydrogen-bond acceptors (Lipinski definition) is 1. The smallest absolute Gasteiger partial charge is 0.378 e. The highest BCUT2D eigenvalue weighted by atomic mass is 19.3. The molecule has 1 heterocycles. The summed E-state index contributed by atoms with van der Waals surface area (Å²) in [7, 11) is 1.70. The molecule has 0 fully saturated rings. The molecular weight excluding hydrogens is 298 g/mol. The van der Waals surface area contributed by atoms with Crippen LogP contribution in [0.1, 0.15) is 11.7 Å². The minimum Gasteiger partial charge on any atom is -0.378 e. The van der Waals surface area contributed by atoms with Crippen LogP contribution in [0.25, 0.3) is 11.4 Å². The Morgan fingerprint density at radius 3 is 2.17 bits per heavy atom. The molecule has 23 heavy (non-hydrogen) atoms. The molecule has 0 aliphatic carbocycles. The number of hydrogen-bond donors (Lipinski definition) is 1. The van der Waals surface area contributed by atoms with Crippen molar-refractivity contribution in [2.45, 2.75) is 12.2 Å². The van der Waals surface area contributed by atoms with Gasteiger partial charge in [0, 0.05) is 0 Å². The first-order valence-corrected chi connectivity index (χ1v) is 7.25. The van der Waals surface area contributed by atoms with Gasteiger partial charge >= 0.3 is 6.05 Å². The van der Waals surface area contributed by atoms with Crippen molar-refractivity contribution in [1.29, 1.82) is 0 Å². The van der Waals surface area contributed by atoms with Crippen molar-refractivity contribution in [2.75, 3.05) is 0 Å². The van der Waals surface area contributed by atoms with E-state index in [2.05, 4.69) is 0 Å². The van der Waals surface area contributed by atoms with Gasteiger partial charge < -0.3 is 5.11 Å². The average molecular weight is 315 g/mol. The van der Waals surface area contributed by atoms with Crippen LogP contribution in [0, 0.1) is 0 Å². The highest BCUT2D eigenvalue weighted by Crippen LogP contribution is 2.38. The largest absolute Gasteiger partial charge is 0.428 e. The van der Waals surface area contributed by atoms with Gasteiger partial charge in [0.05, 0.1) is 12.6 Å². The van der Waals surface area contributed by atoms with Gasteiger partial charge in [0.15, 0.2) is 6.10 Å². The highest BCUT2D eigenvalue weighted by Gasteiger charge is 2.48. The van der Waals surface area contributed by atoms with Crippen LogP contribution in [0.5, 0.6) is 0 Å². The lowest BCUT2D eigenvalue weighted by atomic mass is 10.1. The molecule has 0 aliphatic heterocycles. The molecule has 1 atom stereocenters. The molecule has 5 heteroatoms. The van der Waals surface area contributed by atoms with E-state index >= 15 is 0 Å². The molecule has 0 saturated carbocycles. The van der Waals surface area contributed by atoms with Gasteiger partial charge in [-0.3, -0.25) is 0 Å². The minimum absolute atomic E-state index is 0.174.